The van der Waals surface area contributed by atoms with Crippen LogP contribution < -0.4 is 10.9 Å². The molecular formula is C16H22N4O2. The van der Waals surface area contributed by atoms with E-state index in [1.807, 2.05) is 26.1 Å². The van der Waals surface area contributed by atoms with E-state index in [2.05, 4.69) is 10.3 Å². The summed E-state index contributed by atoms with van der Waals surface area (Å²) in [6.45, 7) is 3.68. The van der Waals surface area contributed by atoms with E-state index in [9.17, 15) is 9.59 Å². The van der Waals surface area contributed by atoms with Gasteiger partial charge in [0.1, 0.15) is 0 Å². The molecule has 0 aliphatic heterocycles. The van der Waals surface area contributed by atoms with Crippen LogP contribution in [0.5, 0.6) is 0 Å². The van der Waals surface area contributed by atoms with Gasteiger partial charge in [-0.3, -0.25) is 14.2 Å². The lowest BCUT2D eigenvalue weighted by atomic mass is 10.1. The van der Waals surface area contributed by atoms with E-state index in [0.29, 0.717) is 24.9 Å². The van der Waals surface area contributed by atoms with Gasteiger partial charge in [-0.05, 0) is 25.6 Å². The van der Waals surface area contributed by atoms with Gasteiger partial charge in [0.25, 0.3) is 5.56 Å². The van der Waals surface area contributed by atoms with Crippen molar-refractivity contribution in [1.82, 2.24) is 19.8 Å². The van der Waals surface area contributed by atoms with Crippen molar-refractivity contribution in [3.63, 3.8) is 0 Å². The molecule has 2 aromatic rings. The Morgan fingerprint density at radius 2 is 2.18 bits per heavy atom. The van der Waals surface area contributed by atoms with Crippen molar-refractivity contribution in [2.24, 2.45) is 0 Å². The third-order valence-electron chi connectivity index (χ3n) is 3.74. The second kappa shape index (κ2) is 7.17. The van der Waals surface area contributed by atoms with Gasteiger partial charge in [-0.2, -0.15) is 0 Å². The molecule has 6 heteroatoms. The number of rotatable bonds is 6. The van der Waals surface area contributed by atoms with Gasteiger partial charge in [-0.25, -0.2) is 4.98 Å². The smallest absolute Gasteiger partial charge is 0.261 e. The molecular weight excluding hydrogens is 280 g/mol. The topological polar surface area (TPSA) is 67.2 Å². The molecule has 118 valence electrons. The van der Waals surface area contributed by atoms with Crippen molar-refractivity contribution >= 4 is 16.8 Å². The number of aryl methyl sites for hydroxylation is 2. The Bertz CT molecular complexity index is 724. The normalized spacial score (nSPS) is 10.9. The van der Waals surface area contributed by atoms with Crippen molar-refractivity contribution in [2.45, 2.75) is 19.9 Å². The van der Waals surface area contributed by atoms with Crippen molar-refractivity contribution in [3.05, 3.63) is 40.4 Å². The van der Waals surface area contributed by atoms with Crippen LogP contribution in [0.4, 0.5) is 0 Å². The highest BCUT2D eigenvalue weighted by atomic mass is 16.2. The lowest BCUT2D eigenvalue weighted by Gasteiger charge is -2.17. The number of hydrogen-bond donors (Lipinski definition) is 1. The number of fused-ring (bicyclic) bond motifs is 1. The van der Waals surface area contributed by atoms with Gasteiger partial charge < -0.3 is 10.2 Å². The van der Waals surface area contributed by atoms with Crippen molar-refractivity contribution in [1.29, 1.82) is 0 Å². The maximum absolute atomic E-state index is 12.4. The Labute approximate surface area is 129 Å². The first-order chi connectivity index (χ1) is 10.5. The number of carbonyl (C=O) groups is 1. The molecule has 0 unspecified atom stereocenters. The summed E-state index contributed by atoms with van der Waals surface area (Å²) in [6, 6.07) is 5.55. The highest BCUT2D eigenvalue weighted by Gasteiger charge is 2.10. The Hall–Kier alpha value is -2.21. The molecule has 6 nitrogen and oxygen atoms in total. The summed E-state index contributed by atoms with van der Waals surface area (Å²) in [4.78, 5) is 30.4. The van der Waals surface area contributed by atoms with Crippen LogP contribution in [0, 0.1) is 6.92 Å². The van der Waals surface area contributed by atoms with Gasteiger partial charge in [0, 0.05) is 33.1 Å². The number of carbonyl (C=O) groups excluding carboxylic acids is 1. The van der Waals surface area contributed by atoms with Gasteiger partial charge in [-0.15, -0.1) is 0 Å². The summed E-state index contributed by atoms with van der Waals surface area (Å²) in [6.07, 6.45) is 1.82. The number of benzene rings is 1. The molecule has 22 heavy (non-hydrogen) atoms. The first-order valence-electron chi connectivity index (χ1n) is 7.38. The van der Waals surface area contributed by atoms with Crippen LogP contribution in [-0.4, -0.2) is 47.5 Å². The van der Waals surface area contributed by atoms with Gasteiger partial charge in [0.15, 0.2) is 0 Å². The predicted octanol–water partition coefficient (Wildman–Crippen LogP) is 0.773. The van der Waals surface area contributed by atoms with Crippen molar-refractivity contribution < 1.29 is 4.79 Å². The average molecular weight is 302 g/mol. The zero-order chi connectivity index (χ0) is 16.1. The SMILES string of the molecule is CNCCN(C)C(=O)CCn1cnc2c(C)cccc2c1=O. The first kappa shape index (κ1) is 16.2. The molecule has 1 aromatic heterocycles. The molecule has 1 N–H and O–H groups in total. The molecule has 0 atom stereocenters. The minimum Gasteiger partial charge on any atom is -0.344 e. The molecule has 0 aliphatic carbocycles. The van der Waals surface area contributed by atoms with Crippen LogP contribution in [0.2, 0.25) is 0 Å². The standard InChI is InChI=1S/C16H22N4O2/c1-12-5-4-6-13-15(12)18-11-20(16(13)22)9-7-14(21)19(3)10-8-17-2/h4-6,11,17H,7-10H2,1-3H3. The van der Waals surface area contributed by atoms with Crippen molar-refractivity contribution in [3.8, 4) is 0 Å². The second-order valence-corrected chi connectivity index (χ2v) is 5.38. The van der Waals surface area contributed by atoms with Gasteiger partial charge in [0.05, 0.1) is 17.2 Å². The highest BCUT2D eigenvalue weighted by Crippen LogP contribution is 2.11. The summed E-state index contributed by atoms with van der Waals surface area (Å²) in [5.41, 5.74) is 1.60. The van der Waals surface area contributed by atoms with Crippen LogP contribution in [0.25, 0.3) is 10.9 Å². The monoisotopic (exact) mass is 302 g/mol. The molecule has 0 saturated carbocycles. The largest absolute Gasteiger partial charge is 0.344 e. The quantitative estimate of drug-likeness (QED) is 0.856. The summed E-state index contributed by atoms with van der Waals surface area (Å²) in [5.74, 6) is 0.0199. The number of nitrogens with zero attached hydrogens (tertiary/aromatic N) is 3. The van der Waals surface area contributed by atoms with Crippen LogP contribution in [0.15, 0.2) is 29.3 Å². The lowest BCUT2D eigenvalue weighted by Crippen LogP contribution is -2.34. The molecule has 0 spiro atoms. The van der Waals surface area contributed by atoms with Gasteiger partial charge in [0.2, 0.25) is 5.91 Å². The van der Waals surface area contributed by atoms with E-state index >= 15 is 0 Å². The predicted molar refractivity (Wildman–Crippen MR) is 86.9 cm³/mol. The summed E-state index contributed by atoms with van der Waals surface area (Å²) in [7, 11) is 3.62. The Morgan fingerprint density at radius 3 is 2.91 bits per heavy atom. The van der Waals surface area contributed by atoms with Gasteiger partial charge in [-0.1, -0.05) is 12.1 Å². The fourth-order valence-corrected chi connectivity index (χ4v) is 2.31. The zero-order valence-electron chi connectivity index (χ0n) is 13.3. The summed E-state index contributed by atoms with van der Waals surface area (Å²) < 4.78 is 1.51. The molecule has 0 aliphatic rings. The first-order valence-corrected chi connectivity index (χ1v) is 7.38. The molecule has 0 fully saturated rings. The molecule has 0 saturated heterocycles. The lowest BCUT2D eigenvalue weighted by molar-refractivity contribution is -0.130. The van der Waals surface area contributed by atoms with Crippen LogP contribution in [0.3, 0.4) is 0 Å². The number of hydrogen-bond acceptors (Lipinski definition) is 4. The zero-order valence-corrected chi connectivity index (χ0v) is 13.3. The highest BCUT2D eigenvalue weighted by molar-refractivity contribution is 5.80. The number of amides is 1. The van der Waals surface area contributed by atoms with E-state index in [1.165, 1.54) is 10.9 Å². The van der Waals surface area contributed by atoms with Crippen LogP contribution in [0.1, 0.15) is 12.0 Å². The van der Waals surface area contributed by atoms with Crippen LogP contribution >= 0.6 is 0 Å². The second-order valence-electron chi connectivity index (χ2n) is 5.38. The molecule has 1 heterocycles. The third kappa shape index (κ3) is 3.51. The van der Waals surface area contributed by atoms with Crippen molar-refractivity contribution in [2.75, 3.05) is 27.2 Å². The minimum atomic E-state index is -0.0978. The van der Waals surface area contributed by atoms with E-state index < -0.39 is 0 Å². The molecule has 0 bridgehead atoms. The van der Waals surface area contributed by atoms with Gasteiger partial charge >= 0.3 is 0 Å². The number of nitrogens with one attached hydrogen (secondary N) is 1. The Morgan fingerprint density at radius 1 is 1.41 bits per heavy atom. The maximum atomic E-state index is 12.4. The summed E-state index contributed by atoms with van der Waals surface area (Å²) >= 11 is 0. The summed E-state index contributed by atoms with van der Waals surface area (Å²) in [5, 5.41) is 3.60. The fourth-order valence-electron chi connectivity index (χ4n) is 2.31. The van der Waals surface area contributed by atoms with E-state index in [4.69, 9.17) is 0 Å². The van der Waals surface area contributed by atoms with Crippen LogP contribution in [-0.2, 0) is 11.3 Å². The van der Waals surface area contributed by atoms with E-state index in [1.54, 1.807) is 18.0 Å². The number of para-hydroxylation sites is 1. The number of aromatic nitrogens is 2. The Balaban J connectivity index is 2.11. The average Bonchev–Trinajstić information content (AvgIpc) is 2.52. The minimum absolute atomic E-state index is 0.0199. The van der Waals surface area contributed by atoms with E-state index in [-0.39, 0.29) is 11.5 Å². The molecule has 1 amide bonds. The van der Waals surface area contributed by atoms with E-state index in [0.717, 1.165) is 17.6 Å². The molecule has 0 radical (unpaired) electrons. The molecule has 1 aromatic carbocycles. The fraction of sp³-hybridized carbons (Fsp3) is 0.438. The molecule has 2 rings (SSSR count). The third-order valence-corrected chi connectivity index (χ3v) is 3.74. The maximum Gasteiger partial charge on any atom is 0.261 e. The Kier molecular flexibility index (Phi) is 5.27. The number of likely N-dealkylation sites (N-methyl/N-ethyl adjacent to an activating group) is 2.